The maximum absolute atomic E-state index is 12.8. The summed E-state index contributed by atoms with van der Waals surface area (Å²) >= 11 is 12.3. The molecule has 8 heteroatoms. The van der Waals surface area contributed by atoms with Gasteiger partial charge in [0.05, 0.1) is 7.11 Å². The van der Waals surface area contributed by atoms with Crippen molar-refractivity contribution in [1.82, 2.24) is 10.4 Å². The standard InChI is InChI=1S/C26H24Cl2N2O4/c1-30(33-2)25(31)24(13-16-11-12-17(27)14-23(16)28)29-26(32)34-15-22-20-9-5-3-7-18(20)19-8-4-6-10-21(19)22/h3-12,14,22,24H,13,15H2,1-2H3,(H,29,32)/t24-/m0/s1. The fourth-order valence-electron chi connectivity index (χ4n) is 4.20. The Kier molecular flexibility index (Phi) is 7.41. The molecule has 1 aliphatic carbocycles. The Labute approximate surface area is 208 Å². The van der Waals surface area contributed by atoms with Crippen LogP contribution in [0.5, 0.6) is 0 Å². The largest absolute Gasteiger partial charge is 0.449 e. The van der Waals surface area contributed by atoms with Crippen molar-refractivity contribution in [1.29, 1.82) is 0 Å². The number of hydrogen-bond donors (Lipinski definition) is 1. The molecule has 1 atom stereocenters. The molecule has 176 valence electrons. The molecular formula is C26H24Cl2N2O4. The molecule has 2 amide bonds. The minimum Gasteiger partial charge on any atom is -0.449 e. The predicted octanol–water partition coefficient (Wildman–Crippen LogP) is 5.46. The summed E-state index contributed by atoms with van der Waals surface area (Å²) in [5.41, 5.74) is 5.15. The quantitative estimate of drug-likeness (QED) is 0.439. The van der Waals surface area contributed by atoms with Gasteiger partial charge in [-0.25, -0.2) is 9.86 Å². The Balaban J connectivity index is 1.48. The van der Waals surface area contributed by atoms with E-state index in [0.29, 0.717) is 15.6 Å². The highest BCUT2D eigenvalue weighted by atomic mass is 35.5. The lowest BCUT2D eigenvalue weighted by atomic mass is 9.98. The number of ether oxygens (including phenoxy) is 1. The lowest BCUT2D eigenvalue weighted by molar-refractivity contribution is -0.170. The van der Waals surface area contributed by atoms with Gasteiger partial charge in [0, 0.05) is 29.4 Å². The lowest BCUT2D eigenvalue weighted by Gasteiger charge is -2.23. The summed E-state index contributed by atoms with van der Waals surface area (Å²) in [5.74, 6) is -0.526. The number of halogens is 2. The number of rotatable bonds is 7. The molecule has 1 aliphatic rings. The smallest absolute Gasteiger partial charge is 0.407 e. The molecule has 0 saturated heterocycles. The second-order valence-corrected chi connectivity index (χ2v) is 8.82. The van der Waals surface area contributed by atoms with Crippen molar-refractivity contribution in [3.05, 3.63) is 93.5 Å². The Hall–Kier alpha value is -3.06. The minimum absolute atomic E-state index is 0.0836. The molecule has 0 spiro atoms. The van der Waals surface area contributed by atoms with E-state index in [0.717, 1.165) is 27.3 Å². The highest BCUT2D eigenvalue weighted by Crippen LogP contribution is 2.44. The fraction of sp³-hybridized carbons (Fsp3) is 0.231. The van der Waals surface area contributed by atoms with Gasteiger partial charge < -0.3 is 10.1 Å². The maximum Gasteiger partial charge on any atom is 0.407 e. The van der Waals surface area contributed by atoms with Gasteiger partial charge in [0.2, 0.25) is 0 Å². The van der Waals surface area contributed by atoms with Crippen LogP contribution in [0.2, 0.25) is 10.0 Å². The van der Waals surface area contributed by atoms with E-state index in [1.807, 2.05) is 36.4 Å². The van der Waals surface area contributed by atoms with Crippen molar-refractivity contribution in [2.75, 3.05) is 20.8 Å². The highest BCUT2D eigenvalue weighted by Gasteiger charge is 2.30. The SMILES string of the molecule is CON(C)C(=O)[C@H](Cc1ccc(Cl)cc1Cl)NC(=O)OCC1c2ccccc2-c2ccccc21. The van der Waals surface area contributed by atoms with Crippen LogP contribution >= 0.6 is 23.2 Å². The van der Waals surface area contributed by atoms with Crippen molar-refractivity contribution in [2.45, 2.75) is 18.4 Å². The molecular weight excluding hydrogens is 475 g/mol. The van der Waals surface area contributed by atoms with Crippen molar-refractivity contribution in [3.8, 4) is 11.1 Å². The van der Waals surface area contributed by atoms with Gasteiger partial charge >= 0.3 is 6.09 Å². The van der Waals surface area contributed by atoms with Crippen LogP contribution in [-0.2, 0) is 20.8 Å². The van der Waals surface area contributed by atoms with Gasteiger partial charge in [-0.15, -0.1) is 0 Å². The van der Waals surface area contributed by atoms with E-state index < -0.39 is 18.0 Å². The molecule has 6 nitrogen and oxygen atoms in total. The van der Waals surface area contributed by atoms with E-state index >= 15 is 0 Å². The summed E-state index contributed by atoms with van der Waals surface area (Å²) in [4.78, 5) is 30.6. The third-order valence-electron chi connectivity index (χ3n) is 5.96. The zero-order valence-corrected chi connectivity index (χ0v) is 20.3. The normalized spacial score (nSPS) is 13.1. The first-order valence-electron chi connectivity index (χ1n) is 10.8. The number of carbonyl (C=O) groups is 2. The summed E-state index contributed by atoms with van der Waals surface area (Å²) in [7, 11) is 2.84. The number of hydrogen-bond acceptors (Lipinski definition) is 4. The number of benzene rings is 3. The van der Waals surface area contributed by atoms with Gasteiger partial charge in [-0.1, -0.05) is 77.8 Å². The number of amides is 2. The van der Waals surface area contributed by atoms with Gasteiger partial charge in [0.25, 0.3) is 5.91 Å². The lowest BCUT2D eigenvalue weighted by Crippen LogP contribution is -2.48. The summed E-state index contributed by atoms with van der Waals surface area (Å²) in [6, 6.07) is 20.2. The van der Waals surface area contributed by atoms with Crippen molar-refractivity contribution < 1.29 is 19.2 Å². The van der Waals surface area contributed by atoms with Gasteiger partial charge in [0.1, 0.15) is 12.6 Å². The summed E-state index contributed by atoms with van der Waals surface area (Å²) in [6.45, 7) is 0.141. The van der Waals surface area contributed by atoms with E-state index in [1.165, 1.54) is 14.2 Å². The van der Waals surface area contributed by atoms with Gasteiger partial charge in [-0.3, -0.25) is 9.63 Å². The molecule has 0 bridgehead atoms. The molecule has 3 aromatic rings. The Morgan fingerprint density at radius 3 is 2.21 bits per heavy atom. The zero-order valence-electron chi connectivity index (χ0n) is 18.8. The van der Waals surface area contributed by atoms with Crippen LogP contribution in [-0.4, -0.2) is 43.9 Å². The zero-order chi connectivity index (χ0) is 24.2. The van der Waals surface area contributed by atoms with Crippen LogP contribution in [0.1, 0.15) is 22.6 Å². The summed E-state index contributed by atoms with van der Waals surface area (Å²) in [6.07, 6.45) is -0.554. The molecule has 3 aromatic carbocycles. The molecule has 0 aromatic heterocycles. The predicted molar refractivity (Wildman–Crippen MR) is 132 cm³/mol. The first kappa shape index (κ1) is 24.1. The van der Waals surface area contributed by atoms with E-state index in [2.05, 4.69) is 17.4 Å². The number of carbonyl (C=O) groups excluding carboxylic acids is 2. The van der Waals surface area contributed by atoms with Crippen LogP contribution < -0.4 is 5.32 Å². The van der Waals surface area contributed by atoms with Crippen LogP contribution in [0.25, 0.3) is 11.1 Å². The number of nitrogens with zero attached hydrogens (tertiary/aromatic N) is 1. The van der Waals surface area contributed by atoms with Gasteiger partial charge in [-0.05, 0) is 39.9 Å². The summed E-state index contributed by atoms with van der Waals surface area (Å²) in [5, 5.41) is 4.61. The van der Waals surface area contributed by atoms with Crippen molar-refractivity contribution in [3.63, 3.8) is 0 Å². The molecule has 0 saturated carbocycles. The van der Waals surface area contributed by atoms with Crippen molar-refractivity contribution >= 4 is 35.2 Å². The van der Waals surface area contributed by atoms with Crippen LogP contribution in [0.4, 0.5) is 4.79 Å². The third kappa shape index (κ3) is 5.04. The maximum atomic E-state index is 12.8. The van der Waals surface area contributed by atoms with Crippen LogP contribution in [0.15, 0.2) is 66.7 Å². The highest BCUT2D eigenvalue weighted by molar-refractivity contribution is 6.35. The monoisotopic (exact) mass is 498 g/mol. The number of likely N-dealkylation sites (N-methyl/N-ethyl adjacent to an activating group) is 1. The molecule has 4 rings (SSSR count). The molecule has 0 aliphatic heterocycles. The first-order chi connectivity index (χ1) is 16.4. The van der Waals surface area contributed by atoms with E-state index in [1.54, 1.807) is 18.2 Å². The first-order valence-corrected chi connectivity index (χ1v) is 11.5. The van der Waals surface area contributed by atoms with Gasteiger partial charge in [-0.2, -0.15) is 0 Å². The van der Waals surface area contributed by atoms with E-state index in [-0.39, 0.29) is 18.9 Å². The summed E-state index contributed by atoms with van der Waals surface area (Å²) < 4.78 is 5.61. The second kappa shape index (κ2) is 10.5. The van der Waals surface area contributed by atoms with Crippen LogP contribution in [0, 0.1) is 0 Å². The van der Waals surface area contributed by atoms with E-state index in [9.17, 15) is 9.59 Å². The van der Waals surface area contributed by atoms with E-state index in [4.69, 9.17) is 32.8 Å². The molecule has 0 radical (unpaired) electrons. The fourth-order valence-corrected chi connectivity index (χ4v) is 4.68. The molecule has 0 unspecified atom stereocenters. The Morgan fingerprint density at radius 1 is 1.00 bits per heavy atom. The average Bonchev–Trinajstić information content (AvgIpc) is 3.16. The van der Waals surface area contributed by atoms with Crippen molar-refractivity contribution in [2.24, 2.45) is 0 Å². The van der Waals surface area contributed by atoms with Crippen LogP contribution in [0.3, 0.4) is 0 Å². The Morgan fingerprint density at radius 2 is 1.62 bits per heavy atom. The molecule has 0 fully saturated rings. The second-order valence-electron chi connectivity index (χ2n) is 7.98. The number of fused-ring (bicyclic) bond motifs is 3. The molecule has 34 heavy (non-hydrogen) atoms. The third-order valence-corrected chi connectivity index (χ3v) is 6.54. The molecule has 1 N–H and O–H groups in total. The number of hydroxylamine groups is 2. The Bertz CT molecular complexity index is 1170. The number of nitrogens with one attached hydrogen (secondary N) is 1. The average molecular weight is 499 g/mol. The van der Waals surface area contributed by atoms with Gasteiger partial charge in [0.15, 0.2) is 0 Å². The number of alkyl carbamates (subject to hydrolysis) is 1. The molecule has 0 heterocycles. The topological polar surface area (TPSA) is 67.9 Å². The minimum atomic E-state index is -0.945.